The van der Waals surface area contributed by atoms with Gasteiger partial charge in [-0.25, -0.2) is 9.36 Å². The normalized spacial score (nSPS) is 19.4. The summed E-state index contributed by atoms with van der Waals surface area (Å²) in [5.41, 5.74) is 2.15. The number of hydrogen-bond acceptors (Lipinski definition) is 5. The molecule has 4 aromatic rings. The number of para-hydroxylation sites is 1. The summed E-state index contributed by atoms with van der Waals surface area (Å²) < 4.78 is 8.82. The largest absolute Gasteiger partial charge is 0.377 e. The average molecular weight is 376 g/mol. The van der Waals surface area contributed by atoms with E-state index in [0.717, 1.165) is 5.52 Å². The number of nitrogens with one attached hydrogen (secondary N) is 2. The summed E-state index contributed by atoms with van der Waals surface area (Å²) in [5, 5.41) is 13.4. The second kappa shape index (κ2) is 7.06. The number of rotatable bonds is 5. The highest BCUT2D eigenvalue weighted by Crippen LogP contribution is 2.21. The fraction of sp³-hybridized carbons (Fsp3) is 0.250. The second-order valence-corrected chi connectivity index (χ2v) is 6.88. The molecule has 1 aromatic carbocycles. The highest BCUT2D eigenvalue weighted by Gasteiger charge is 2.31. The van der Waals surface area contributed by atoms with Gasteiger partial charge in [0.25, 0.3) is 5.56 Å². The molecule has 2 N–H and O–H groups in total. The number of nitrogens with zero attached hydrogens (tertiary/aromatic N) is 4. The summed E-state index contributed by atoms with van der Waals surface area (Å²) in [4.78, 5) is 15.8. The number of benzene rings is 1. The van der Waals surface area contributed by atoms with Crippen LogP contribution >= 0.6 is 0 Å². The van der Waals surface area contributed by atoms with Crippen LogP contribution in [-0.2, 0) is 11.3 Å². The maximum Gasteiger partial charge on any atom is 0.267 e. The van der Waals surface area contributed by atoms with Crippen LogP contribution in [0.4, 0.5) is 0 Å². The number of H-pyrrole nitrogens is 1. The van der Waals surface area contributed by atoms with Crippen LogP contribution in [0.2, 0.25) is 0 Å². The number of fused-ring (bicyclic) bond motifs is 1. The summed E-state index contributed by atoms with van der Waals surface area (Å²) in [6.07, 6.45) is 5.50. The van der Waals surface area contributed by atoms with Crippen LogP contribution < -0.4 is 10.9 Å². The number of hydrogen-bond donors (Lipinski definition) is 2. The third kappa shape index (κ3) is 3.02. The summed E-state index contributed by atoms with van der Waals surface area (Å²) in [7, 11) is 0. The Morgan fingerprint density at radius 1 is 1.18 bits per heavy atom. The Morgan fingerprint density at radius 3 is 3.00 bits per heavy atom. The average Bonchev–Trinajstić information content (AvgIpc) is 3.47. The molecule has 0 aliphatic carbocycles. The molecule has 0 saturated carbocycles. The Morgan fingerprint density at radius 2 is 2.11 bits per heavy atom. The van der Waals surface area contributed by atoms with Crippen molar-refractivity contribution in [3.05, 3.63) is 77.0 Å². The molecular formula is C20H20N6O2. The van der Waals surface area contributed by atoms with E-state index in [9.17, 15) is 4.79 Å². The van der Waals surface area contributed by atoms with Gasteiger partial charge in [-0.15, -0.1) is 5.10 Å². The molecule has 28 heavy (non-hydrogen) atoms. The number of aromatic amines is 1. The Hall–Kier alpha value is -3.23. The molecule has 0 bridgehead atoms. The van der Waals surface area contributed by atoms with Crippen molar-refractivity contribution in [1.29, 1.82) is 0 Å². The quantitative estimate of drug-likeness (QED) is 0.553. The third-order valence-corrected chi connectivity index (χ3v) is 5.14. The summed E-state index contributed by atoms with van der Waals surface area (Å²) >= 11 is 0. The lowest BCUT2D eigenvalue weighted by atomic mass is 10.1. The lowest BCUT2D eigenvalue weighted by molar-refractivity contribution is 0.180. The minimum absolute atomic E-state index is 0.00765. The predicted molar refractivity (Wildman–Crippen MR) is 104 cm³/mol. The molecule has 0 spiro atoms. The monoisotopic (exact) mass is 376 g/mol. The van der Waals surface area contributed by atoms with Crippen molar-refractivity contribution in [1.82, 2.24) is 29.9 Å². The third-order valence-electron chi connectivity index (χ3n) is 5.14. The predicted octanol–water partition coefficient (Wildman–Crippen LogP) is 1.64. The fourth-order valence-electron chi connectivity index (χ4n) is 3.68. The van der Waals surface area contributed by atoms with E-state index >= 15 is 0 Å². The van der Waals surface area contributed by atoms with E-state index in [-0.39, 0.29) is 17.6 Å². The van der Waals surface area contributed by atoms with Crippen molar-refractivity contribution in [3.8, 4) is 5.82 Å². The standard InChI is InChI=1S/C20H20N6O2/c27-20-7-6-19(25-9-3-8-23-25)24-26(20)18-13-28-12-17(18)22-11-14-10-21-16-5-2-1-4-15(14)16/h1-10,17-18,21-22H,11-13H2. The number of aromatic nitrogens is 5. The van der Waals surface area contributed by atoms with Gasteiger partial charge in [0.1, 0.15) is 0 Å². The van der Waals surface area contributed by atoms with Crippen molar-refractivity contribution in [2.75, 3.05) is 13.2 Å². The van der Waals surface area contributed by atoms with Gasteiger partial charge in [0.2, 0.25) is 0 Å². The molecule has 0 amide bonds. The molecule has 8 nitrogen and oxygen atoms in total. The van der Waals surface area contributed by atoms with Gasteiger partial charge in [0.05, 0.1) is 25.3 Å². The molecule has 1 saturated heterocycles. The molecule has 142 valence electrons. The van der Waals surface area contributed by atoms with E-state index < -0.39 is 0 Å². The SMILES string of the molecule is O=c1ccc(-n2cccn2)nn1C1COCC1NCc1c[nH]c2ccccc12. The molecule has 5 rings (SSSR count). The Kier molecular flexibility index (Phi) is 4.27. The summed E-state index contributed by atoms with van der Waals surface area (Å²) in [6, 6.07) is 13.1. The van der Waals surface area contributed by atoms with Crippen LogP contribution in [0.25, 0.3) is 16.7 Å². The number of ether oxygens (including phenoxy) is 1. The smallest absolute Gasteiger partial charge is 0.267 e. The lowest BCUT2D eigenvalue weighted by Gasteiger charge is -2.20. The van der Waals surface area contributed by atoms with Crippen molar-refractivity contribution in [2.24, 2.45) is 0 Å². The van der Waals surface area contributed by atoms with Gasteiger partial charge >= 0.3 is 0 Å². The van der Waals surface area contributed by atoms with Gasteiger partial charge in [0, 0.05) is 42.1 Å². The van der Waals surface area contributed by atoms with Crippen LogP contribution in [-0.4, -0.2) is 43.8 Å². The maximum atomic E-state index is 12.5. The van der Waals surface area contributed by atoms with Crippen molar-refractivity contribution in [2.45, 2.75) is 18.6 Å². The first kappa shape index (κ1) is 16.9. The minimum atomic E-state index is -0.173. The van der Waals surface area contributed by atoms with Gasteiger partial charge in [-0.2, -0.15) is 5.10 Å². The molecule has 8 heteroatoms. The van der Waals surface area contributed by atoms with E-state index in [2.05, 4.69) is 32.6 Å². The minimum Gasteiger partial charge on any atom is -0.377 e. The first-order valence-electron chi connectivity index (χ1n) is 9.25. The van der Waals surface area contributed by atoms with E-state index in [1.54, 1.807) is 23.1 Å². The van der Waals surface area contributed by atoms with Crippen LogP contribution in [0.3, 0.4) is 0 Å². The van der Waals surface area contributed by atoms with Crippen molar-refractivity contribution < 1.29 is 4.74 Å². The molecule has 1 aliphatic rings. The summed E-state index contributed by atoms with van der Waals surface area (Å²) in [6.45, 7) is 1.66. The first-order valence-corrected chi connectivity index (χ1v) is 9.25. The fourth-order valence-corrected chi connectivity index (χ4v) is 3.68. The molecule has 1 fully saturated rings. The van der Waals surface area contributed by atoms with E-state index in [1.165, 1.54) is 21.7 Å². The zero-order valence-corrected chi connectivity index (χ0v) is 15.2. The first-order chi connectivity index (χ1) is 13.8. The topological polar surface area (TPSA) is 89.8 Å². The molecule has 0 radical (unpaired) electrons. The second-order valence-electron chi connectivity index (χ2n) is 6.88. The lowest BCUT2D eigenvalue weighted by Crippen LogP contribution is -2.41. The van der Waals surface area contributed by atoms with E-state index in [4.69, 9.17) is 4.74 Å². The van der Waals surface area contributed by atoms with Gasteiger partial charge < -0.3 is 15.0 Å². The van der Waals surface area contributed by atoms with Gasteiger partial charge in [-0.1, -0.05) is 18.2 Å². The molecular weight excluding hydrogens is 356 g/mol. The van der Waals surface area contributed by atoms with Crippen molar-refractivity contribution >= 4 is 10.9 Å². The van der Waals surface area contributed by atoms with Gasteiger partial charge in [-0.05, 0) is 23.8 Å². The zero-order chi connectivity index (χ0) is 18.9. The van der Waals surface area contributed by atoms with Crippen LogP contribution in [0.1, 0.15) is 11.6 Å². The highest BCUT2D eigenvalue weighted by atomic mass is 16.5. The Labute approximate surface area is 160 Å². The molecule has 2 unspecified atom stereocenters. The summed E-state index contributed by atoms with van der Waals surface area (Å²) in [5.74, 6) is 0.604. The Bertz CT molecular complexity index is 1150. The Balaban J connectivity index is 1.38. The van der Waals surface area contributed by atoms with E-state index in [1.807, 2.05) is 24.4 Å². The van der Waals surface area contributed by atoms with Crippen LogP contribution in [0.5, 0.6) is 0 Å². The maximum absolute atomic E-state index is 12.5. The molecule has 3 aromatic heterocycles. The van der Waals surface area contributed by atoms with Gasteiger partial charge in [0.15, 0.2) is 5.82 Å². The van der Waals surface area contributed by atoms with Crippen LogP contribution in [0, 0.1) is 0 Å². The molecule has 2 atom stereocenters. The highest BCUT2D eigenvalue weighted by molar-refractivity contribution is 5.82. The molecule has 4 heterocycles. The van der Waals surface area contributed by atoms with Crippen LogP contribution in [0.15, 0.2) is 65.8 Å². The molecule has 1 aliphatic heterocycles. The zero-order valence-electron chi connectivity index (χ0n) is 15.2. The van der Waals surface area contributed by atoms with Crippen molar-refractivity contribution in [3.63, 3.8) is 0 Å². The van der Waals surface area contributed by atoms with E-state index in [0.29, 0.717) is 25.6 Å². The van der Waals surface area contributed by atoms with Gasteiger partial charge in [-0.3, -0.25) is 4.79 Å².